The summed E-state index contributed by atoms with van der Waals surface area (Å²) >= 11 is 0. The van der Waals surface area contributed by atoms with Gasteiger partial charge in [-0.25, -0.2) is 4.98 Å². The number of carbonyl (C=O) groups is 1. The van der Waals surface area contributed by atoms with E-state index in [1.54, 1.807) is 14.2 Å². The quantitative estimate of drug-likeness (QED) is 0.284. The number of methoxy groups -OCH3 is 2. The van der Waals surface area contributed by atoms with Crippen molar-refractivity contribution < 1.29 is 19.0 Å². The van der Waals surface area contributed by atoms with Crippen LogP contribution in [0.2, 0.25) is 0 Å². The highest BCUT2D eigenvalue weighted by atomic mass is 16.5. The molecule has 0 N–H and O–H groups in total. The molecule has 3 aromatic carbocycles. The van der Waals surface area contributed by atoms with Crippen LogP contribution >= 0.6 is 0 Å². The van der Waals surface area contributed by atoms with Crippen molar-refractivity contribution in [2.24, 2.45) is 0 Å². The minimum Gasteiger partial charge on any atom is -0.493 e. The Bertz CT molecular complexity index is 1250. The summed E-state index contributed by atoms with van der Waals surface area (Å²) in [6.45, 7) is 0.484. The number of hydrogen-bond donors (Lipinski definition) is 0. The van der Waals surface area contributed by atoms with Crippen molar-refractivity contribution in [3.63, 3.8) is 0 Å². The van der Waals surface area contributed by atoms with E-state index in [1.165, 1.54) is 0 Å². The Kier molecular flexibility index (Phi) is 7.56. The van der Waals surface area contributed by atoms with Gasteiger partial charge in [0.05, 0.1) is 26.5 Å². The van der Waals surface area contributed by atoms with Gasteiger partial charge in [-0.1, -0.05) is 60.7 Å². The fourth-order valence-electron chi connectivity index (χ4n) is 3.72. The number of hydrogen-bond acceptors (Lipinski definition) is 5. The number of Topliss-reactive ketones (excluding diaryl/α,β-unsaturated/α-hetero) is 1. The van der Waals surface area contributed by atoms with Crippen molar-refractivity contribution in [2.45, 2.75) is 12.8 Å². The van der Waals surface area contributed by atoms with E-state index in [9.17, 15) is 4.79 Å². The van der Waals surface area contributed by atoms with Gasteiger partial charge in [0, 0.05) is 30.0 Å². The standard InChI is InChI=1S/C29H27NO4/c1-32-27-15-14-21(20-28(27)33-2)16-17-34-29-13-7-12-25(30-29)24-11-6-8-22(18-24)19-26(31)23-9-4-3-5-10-23/h3-15,18,20H,16-17,19H2,1-2H3. The molecule has 0 saturated heterocycles. The third-order valence-electron chi connectivity index (χ3n) is 5.50. The molecular formula is C29H27NO4. The molecule has 1 heterocycles. The maximum absolute atomic E-state index is 12.6. The molecular weight excluding hydrogens is 426 g/mol. The molecule has 4 aromatic rings. The molecule has 34 heavy (non-hydrogen) atoms. The summed E-state index contributed by atoms with van der Waals surface area (Å²) in [5.41, 5.74) is 4.51. The summed E-state index contributed by atoms with van der Waals surface area (Å²) in [6.07, 6.45) is 1.06. The first-order valence-electron chi connectivity index (χ1n) is 11.1. The van der Waals surface area contributed by atoms with E-state index in [1.807, 2.05) is 91.0 Å². The van der Waals surface area contributed by atoms with Gasteiger partial charge in [-0.3, -0.25) is 4.79 Å². The second-order valence-electron chi connectivity index (χ2n) is 7.82. The molecule has 0 saturated carbocycles. The monoisotopic (exact) mass is 453 g/mol. The van der Waals surface area contributed by atoms with E-state index in [4.69, 9.17) is 14.2 Å². The lowest BCUT2D eigenvalue weighted by molar-refractivity contribution is 0.0993. The van der Waals surface area contributed by atoms with Gasteiger partial charge in [0.25, 0.3) is 0 Å². The fourth-order valence-corrected chi connectivity index (χ4v) is 3.72. The van der Waals surface area contributed by atoms with E-state index in [0.29, 0.717) is 36.8 Å². The van der Waals surface area contributed by atoms with Crippen LogP contribution < -0.4 is 14.2 Å². The molecule has 0 spiro atoms. The topological polar surface area (TPSA) is 57.7 Å². The highest BCUT2D eigenvalue weighted by Gasteiger charge is 2.09. The molecule has 5 nitrogen and oxygen atoms in total. The van der Waals surface area contributed by atoms with Crippen LogP contribution in [0.1, 0.15) is 21.5 Å². The SMILES string of the molecule is COc1ccc(CCOc2cccc(-c3cccc(CC(=O)c4ccccc4)c3)n2)cc1OC. The normalized spacial score (nSPS) is 10.5. The third-order valence-corrected chi connectivity index (χ3v) is 5.50. The molecule has 5 heteroatoms. The Morgan fingerprint density at radius 2 is 1.56 bits per heavy atom. The summed E-state index contributed by atoms with van der Waals surface area (Å²) in [5, 5.41) is 0. The van der Waals surface area contributed by atoms with Crippen LogP contribution in [0.15, 0.2) is 91.0 Å². The maximum Gasteiger partial charge on any atom is 0.213 e. The van der Waals surface area contributed by atoms with Crippen LogP contribution in [0, 0.1) is 0 Å². The van der Waals surface area contributed by atoms with E-state index in [0.717, 1.165) is 27.9 Å². The lowest BCUT2D eigenvalue weighted by Crippen LogP contribution is -2.04. The number of aromatic nitrogens is 1. The number of benzene rings is 3. The maximum atomic E-state index is 12.6. The first-order chi connectivity index (χ1) is 16.7. The molecule has 0 amide bonds. The van der Waals surface area contributed by atoms with E-state index in [2.05, 4.69) is 4.98 Å². The highest BCUT2D eigenvalue weighted by Crippen LogP contribution is 2.28. The van der Waals surface area contributed by atoms with E-state index < -0.39 is 0 Å². The summed E-state index contributed by atoms with van der Waals surface area (Å²) in [5.74, 6) is 2.06. The Hall–Kier alpha value is -4.12. The Morgan fingerprint density at radius 3 is 2.35 bits per heavy atom. The van der Waals surface area contributed by atoms with Gasteiger partial charge >= 0.3 is 0 Å². The second kappa shape index (κ2) is 11.1. The van der Waals surface area contributed by atoms with Gasteiger partial charge in [-0.05, 0) is 35.4 Å². The molecule has 0 unspecified atom stereocenters. The van der Waals surface area contributed by atoms with E-state index >= 15 is 0 Å². The number of rotatable bonds is 10. The molecule has 4 rings (SSSR count). The lowest BCUT2D eigenvalue weighted by Gasteiger charge is -2.11. The summed E-state index contributed by atoms with van der Waals surface area (Å²) in [7, 11) is 3.25. The number of carbonyl (C=O) groups excluding carboxylic acids is 1. The van der Waals surface area contributed by atoms with Crippen LogP contribution in [0.3, 0.4) is 0 Å². The van der Waals surface area contributed by atoms with Crippen LogP contribution in [0.4, 0.5) is 0 Å². The molecule has 0 fully saturated rings. The third kappa shape index (κ3) is 5.81. The van der Waals surface area contributed by atoms with Gasteiger partial charge in [0.15, 0.2) is 17.3 Å². The number of ether oxygens (including phenoxy) is 3. The number of nitrogens with zero attached hydrogens (tertiary/aromatic N) is 1. The summed E-state index contributed by atoms with van der Waals surface area (Å²) in [6, 6.07) is 28.8. The first-order valence-corrected chi connectivity index (χ1v) is 11.1. The Balaban J connectivity index is 1.40. The summed E-state index contributed by atoms with van der Waals surface area (Å²) in [4.78, 5) is 17.2. The largest absolute Gasteiger partial charge is 0.493 e. The minimum atomic E-state index is 0.0953. The van der Waals surface area contributed by atoms with Gasteiger partial charge in [-0.15, -0.1) is 0 Å². The average Bonchev–Trinajstić information content (AvgIpc) is 2.89. The van der Waals surface area contributed by atoms with Gasteiger partial charge in [0.1, 0.15) is 0 Å². The highest BCUT2D eigenvalue weighted by molar-refractivity contribution is 5.97. The zero-order valence-corrected chi connectivity index (χ0v) is 19.4. The van der Waals surface area contributed by atoms with Crippen molar-refractivity contribution >= 4 is 5.78 Å². The lowest BCUT2D eigenvalue weighted by atomic mass is 10.0. The minimum absolute atomic E-state index is 0.0953. The van der Waals surface area contributed by atoms with Gasteiger partial charge in [0.2, 0.25) is 5.88 Å². The van der Waals surface area contributed by atoms with Crippen molar-refractivity contribution in [1.29, 1.82) is 0 Å². The molecule has 1 aromatic heterocycles. The molecule has 0 atom stereocenters. The Morgan fingerprint density at radius 1 is 0.765 bits per heavy atom. The molecule has 0 aliphatic carbocycles. The predicted molar refractivity (Wildman–Crippen MR) is 133 cm³/mol. The molecule has 0 radical (unpaired) electrons. The smallest absolute Gasteiger partial charge is 0.213 e. The molecule has 0 aliphatic rings. The number of ketones is 1. The first kappa shape index (κ1) is 23.1. The van der Waals surface area contributed by atoms with Crippen molar-refractivity contribution in [1.82, 2.24) is 4.98 Å². The zero-order chi connectivity index (χ0) is 23.8. The molecule has 0 aliphatic heterocycles. The molecule has 0 bridgehead atoms. The van der Waals surface area contributed by atoms with E-state index in [-0.39, 0.29) is 5.78 Å². The fraction of sp³-hybridized carbons (Fsp3) is 0.172. The number of pyridine rings is 1. The summed E-state index contributed by atoms with van der Waals surface area (Å²) < 4.78 is 16.6. The Labute approximate surface area is 200 Å². The predicted octanol–water partition coefficient (Wildman–Crippen LogP) is 5.81. The molecule has 172 valence electrons. The van der Waals surface area contributed by atoms with Crippen molar-refractivity contribution in [2.75, 3.05) is 20.8 Å². The van der Waals surface area contributed by atoms with Crippen molar-refractivity contribution in [3.05, 3.63) is 108 Å². The van der Waals surface area contributed by atoms with Crippen LogP contribution in [0.5, 0.6) is 17.4 Å². The second-order valence-corrected chi connectivity index (χ2v) is 7.82. The van der Waals surface area contributed by atoms with Crippen LogP contribution in [-0.4, -0.2) is 31.6 Å². The zero-order valence-electron chi connectivity index (χ0n) is 19.4. The average molecular weight is 454 g/mol. The van der Waals surface area contributed by atoms with Crippen LogP contribution in [0.25, 0.3) is 11.3 Å². The van der Waals surface area contributed by atoms with Gasteiger partial charge < -0.3 is 14.2 Å². The van der Waals surface area contributed by atoms with Gasteiger partial charge in [-0.2, -0.15) is 0 Å². The van der Waals surface area contributed by atoms with Crippen LogP contribution in [-0.2, 0) is 12.8 Å². The van der Waals surface area contributed by atoms with Crippen molar-refractivity contribution in [3.8, 4) is 28.6 Å².